The molecule has 4 unspecified atom stereocenters. The fourth-order valence-electron chi connectivity index (χ4n) is 2.53. The van der Waals surface area contributed by atoms with Gasteiger partial charge in [-0.25, -0.2) is 0 Å². The van der Waals surface area contributed by atoms with Crippen molar-refractivity contribution in [1.82, 2.24) is 0 Å². The van der Waals surface area contributed by atoms with Crippen molar-refractivity contribution in [2.45, 2.75) is 25.0 Å². The normalized spacial score (nSPS) is 38.1. The lowest BCUT2D eigenvalue weighted by atomic mass is 9.91. The number of halogens is 1. The van der Waals surface area contributed by atoms with Gasteiger partial charge in [-0.1, -0.05) is 17.7 Å². The molecule has 0 aromatic rings. The van der Waals surface area contributed by atoms with Gasteiger partial charge in [-0.2, -0.15) is 0 Å². The number of hydrogen-bond donors (Lipinski definition) is 0. The quantitative estimate of drug-likeness (QED) is 0.682. The Hall–Kier alpha value is -1.03. The largest absolute Gasteiger partial charge is 0.464 e. The van der Waals surface area contributed by atoms with Crippen molar-refractivity contribution in [2.24, 2.45) is 11.8 Å². The summed E-state index contributed by atoms with van der Waals surface area (Å²) in [5.74, 6) is 0.0781. The molecular formula is C10H11ClO4. The van der Waals surface area contributed by atoms with Gasteiger partial charge in [0.05, 0.1) is 5.92 Å². The lowest BCUT2D eigenvalue weighted by Crippen LogP contribution is -2.30. The fourth-order valence-corrected chi connectivity index (χ4v) is 2.87. The van der Waals surface area contributed by atoms with Crippen LogP contribution in [0.4, 0.5) is 0 Å². The Morgan fingerprint density at radius 1 is 1.33 bits per heavy atom. The van der Waals surface area contributed by atoms with Crippen LogP contribution in [0.25, 0.3) is 0 Å². The van der Waals surface area contributed by atoms with Crippen LogP contribution in [0.5, 0.6) is 0 Å². The van der Waals surface area contributed by atoms with Crippen molar-refractivity contribution in [2.75, 3.05) is 0 Å². The van der Waals surface area contributed by atoms with E-state index in [-0.39, 0.29) is 24.0 Å². The van der Waals surface area contributed by atoms with Crippen molar-refractivity contribution in [3.05, 3.63) is 11.1 Å². The minimum atomic E-state index is -0.214. The molecule has 2 bridgehead atoms. The molecule has 15 heavy (non-hydrogen) atoms. The minimum absolute atomic E-state index is 0.0911. The summed E-state index contributed by atoms with van der Waals surface area (Å²) in [4.78, 5) is 20.7. The summed E-state index contributed by atoms with van der Waals surface area (Å²) < 4.78 is 9.98. The monoisotopic (exact) mass is 230 g/mol. The maximum absolute atomic E-state index is 10.4. The maximum atomic E-state index is 10.4. The molecule has 0 N–H and O–H groups in total. The standard InChI is InChI=1S/C10H11ClO4/c11-7-1-6-2-9(14-4-12)8(3-7)10(6)15-5-13/h3-6,8-10H,1-2H2. The zero-order valence-corrected chi connectivity index (χ0v) is 8.72. The molecule has 0 radical (unpaired) electrons. The van der Waals surface area contributed by atoms with Crippen LogP contribution < -0.4 is 0 Å². The summed E-state index contributed by atoms with van der Waals surface area (Å²) in [5, 5.41) is 0.757. The molecule has 82 valence electrons. The average molecular weight is 231 g/mol. The topological polar surface area (TPSA) is 52.6 Å². The molecule has 2 aliphatic carbocycles. The summed E-state index contributed by atoms with van der Waals surface area (Å²) in [6.07, 6.45) is 2.81. The van der Waals surface area contributed by atoms with E-state index in [1.165, 1.54) is 0 Å². The molecule has 2 rings (SSSR count). The molecule has 4 nitrogen and oxygen atoms in total. The zero-order valence-electron chi connectivity index (χ0n) is 7.97. The predicted molar refractivity (Wildman–Crippen MR) is 52.0 cm³/mol. The molecular weight excluding hydrogens is 220 g/mol. The molecule has 0 spiro atoms. The molecule has 1 fully saturated rings. The van der Waals surface area contributed by atoms with Crippen molar-refractivity contribution in [3.63, 3.8) is 0 Å². The average Bonchev–Trinajstić information content (AvgIpc) is 2.42. The van der Waals surface area contributed by atoms with E-state index in [4.69, 9.17) is 21.1 Å². The smallest absolute Gasteiger partial charge is 0.293 e. The Morgan fingerprint density at radius 3 is 2.73 bits per heavy atom. The molecule has 0 amide bonds. The minimum Gasteiger partial charge on any atom is -0.464 e. The van der Waals surface area contributed by atoms with E-state index in [0.717, 1.165) is 5.03 Å². The molecule has 4 atom stereocenters. The molecule has 0 heterocycles. The van der Waals surface area contributed by atoms with Crippen LogP contribution in [0.1, 0.15) is 12.8 Å². The third-order valence-corrected chi connectivity index (χ3v) is 3.36. The second kappa shape index (κ2) is 4.23. The van der Waals surface area contributed by atoms with Gasteiger partial charge in [-0.05, 0) is 12.8 Å². The number of fused-ring (bicyclic) bond motifs is 2. The van der Waals surface area contributed by atoms with E-state index in [1.54, 1.807) is 0 Å². The van der Waals surface area contributed by atoms with Gasteiger partial charge in [-0.3, -0.25) is 9.59 Å². The van der Waals surface area contributed by atoms with Gasteiger partial charge in [0.15, 0.2) is 0 Å². The molecule has 0 aliphatic heterocycles. The summed E-state index contributed by atoms with van der Waals surface area (Å²) in [6.45, 7) is 0.881. The van der Waals surface area contributed by atoms with E-state index < -0.39 is 0 Å². The summed E-state index contributed by atoms with van der Waals surface area (Å²) >= 11 is 5.95. The van der Waals surface area contributed by atoms with E-state index in [2.05, 4.69) is 0 Å². The van der Waals surface area contributed by atoms with Gasteiger partial charge in [0.2, 0.25) is 0 Å². The molecule has 5 heteroatoms. The number of carbonyl (C=O) groups is 2. The second-order valence-corrected chi connectivity index (χ2v) is 4.34. The summed E-state index contributed by atoms with van der Waals surface area (Å²) in [5.41, 5.74) is 0. The van der Waals surface area contributed by atoms with Crippen LogP contribution in [0, 0.1) is 11.8 Å². The zero-order chi connectivity index (χ0) is 10.8. The van der Waals surface area contributed by atoms with Gasteiger partial charge in [-0.15, -0.1) is 0 Å². The number of ether oxygens (including phenoxy) is 2. The first kappa shape index (κ1) is 10.5. The van der Waals surface area contributed by atoms with E-state index in [9.17, 15) is 9.59 Å². The third-order valence-electron chi connectivity index (χ3n) is 3.08. The van der Waals surface area contributed by atoms with Crippen LogP contribution >= 0.6 is 11.6 Å². The van der Waals surface area contributed by atoms with Crippen LogP contribution in [0.2, 0.25) is 0 Å². The Balaban J connectivity index is 2.17. The first-order valence-electron chi connectivity index (χ1n) is 4.80. The number of carbonyl (C=O) groups excluding carboxylic acids is 2. The van der Waals surface area contributed by atoms with Crippen molar-refractivity contribution >= 4 is 24.5 Å². The summed E-state index contributed by atoms with van der Waals surface area (Å²) in [6, 6.07) is 0. The number of hydrogen-bond acceptors (Lipinski definition) is 4. The molecule has 0 aromatic carbocycles. The highest BCUT2D eigenvalue weighted by molar-refractivity contribution is 6.29. The van der Waals surface area contributed by atoms with E-state index >= 15 is 0 Å². The Bertz CT molecular complexity index is 302. The molecule has 2 aliphatic rings. The number of rotatable bonds is 4. The van der Waals surface area contributed by atoms with Crippen molar-refractivity contribution < 1.29 is 19.1 Å². The Labute approximate surface area is 92.2 Å². The highest BCUT2D eigenvalue weighted by Gasteiger charge is 2.47. The van der Waals surface area contributed by atoms with Crippen LogP contribution in [0.3, 0.4) is 0 Å². The van der Waals surface area contributed by atoms with Crippen LogP contribution in [0.15, 0.2) is 11.1 Å². The lowest BCUT2D eigenvalue weighted by molar-refractivity contribution is -0.139. The van der Waals surface area contributed by atoms with Crippen molar-refractivity contribution in [3.8, 4) is 0 Å². The first-order valence-corrected chi connectivity index (χ1v) is 5.18. The lowest BCUT2D eigenvalue weighted by Gasteiger charge is -2.26. The predicted octanol–water partition coefficient (Wildman–Crippen LogP) is 1.23. The Morgan fingerprint density at radius 2 is 2.07 bits per heavy atom. The van der Waals surface area contributed by atoms with Crippen molar-refractivity contribution in [1.29, 1.82) is 0 Å². The van der Waals surface area contributed by atoms with Crippen LogP contribution in [-0.2, 0) is 19.1 Å². The van der Waals surface area contributed by atoms with E-state index in [1.807, 2.05) is 6.08 Å². The highest BCUT2D eigenvalue weighted by Crippen LogP contribution is 2.44. The highest BCUT2D eigenvalue weighted by atomic mass is 35.5. The van der Waals surface area contributed by atoms with E-state index in [0.29, 0.717) is 25.8 Å². The summed E-state index contributed by atoms with van der Waals surface area (Å²) in [7, 11) is 0. The first-order chi connectivity index (χ1) is 7.26. The van der Waals surface area contributed by atoms with Gasteiger partial charge in [0.1, 0.15) is 12.2 Å². The maximum Gasteiger partial charge on any atom is 0.293 e. The molecule has 1 saturated carbocycles. The number of allylic oxidation sites excluding steroid dienone is 1. The SMILES string of the molecule is O=COC1CC2CC(Cl)=CC1C2OC=O. The van der Waals surface area contributed by atoms with Gasteiger partial charge in [0.25, 0.3) is 12.9 Å². The Kier molecular flexibility index (Phi) is 2.95. The third kappa shape index (κ3) is 1.86. The van der Waals surface area contributed by atoms with Crippen LogP contribution in [-0.4, -0.2) is 25.2 Å². The molecule has 0 saturated heterocycles. The molecule has 0 aromatic heterocycles. The fraction of sp³-hybridized carbons (Fsp3) is 0.600. The second-order valence-electron chi connectivity index (χ2n) is 3.86. The van der Waals surface area contributed by atoms with Gasteiger partial charge in [0, 0.05) is 11.0 Å². The van der Waals surface area contributed by atoms with Gasteiger partial charge >= 0.3 is 0 Å². The van der Waals surface area contributed by atoms with Gasteiger partial charge < -0.3 is 9.47 Å².